The lowest BCUT2D eigenvalue weighted by Crippen LogP contribution is -2.42. The second-order valence-corrected chi connectivity index (χ2v) is 4.80. The summed E-state index contributed by atoms with van der Waals surface area (Å²) in [5.41, 5.74) is 1.67. The highest BCUT2D eigenvalue weighted by molar-refractivity contribution is 6.31. The number of ether oxygens (including phenoxy) is 1. The SMILES string of the molecule is Cc1ccc(C(C(=O)O)N2CCOCC2)cc1Cl. The van der Waals surface area contributed by atoms with Crippen LogP contribution in [0.15, 0.2) is 18.2 Å². The molecule has 1 N–H and O–H groups in total. The first-order valence-corrected chi connectivity index (χ1v) is 6.28. The van der Waals surface area contributed by atoms with E-state index in [2.05, 4.69) is 0 Å². The third-order valence-electron chi connectivity index (χ3n) is 3.16. The van der Waals surface area contributed by atoms with Crippen molar-refractivity contribution < 1.29 is 14.6 Å². The number of morpholine rings is 1. The smallest absolute Gasteiger partial charge is 0.325 e. The molecule has 98 valence electrons. The van der Waals surface area contributed by atoms with Gasteiger partial charge in [-0.15, -0.1) is 0 Å². The number of benzene rings is 1. The van der Waals surface area contributed by atoms with Gasteiger partial charge in [0.2, 0.25) is 0 Å². The predicted octanol–water partition coefficient (Wildman–Crippen LogP) is 2.11. The molecule has 0 amide bonds. The highest BCUT2D eigenvalue weighted by Crippen LogP contribution is 2.26. The van der Waals surface area contributed by atoms with Gasteiger partial charge < -0.3 is 9.84 Å². The number of halogens is 1. The van der Waals surface area contributed by atoms with Crippen LogP contribution in [-0.2, 0) is 9.53 Å². The summed E-state index contributed by atoms with van der Waals surface area (Å²) < 4.78 is 5.25. The average molecular weight is 270 g/mol. The summed E-state index contributed by atoms with van der Waals surface area (Å²) in [6.07, 6.45) is 0. The van der Waals surface area contributed by atoms with Crippen LogP contribution in [0, 0.1) is 6.92 Å². The van der Waals surface area contributed by atoms with E-state index in [0.29, 0.717) is 31.3 Å². The summed E-state index contributed by atoms with van der Waals surface area (Å²) in [7, 11) is 0. The first-order valence-electron chi connectivity index (χ1n) is 5.90. The standard InChI is InChI=1S/C13H16ClNO3/c1-9-2-3-10(8-11(9)14)12(13(16)17)15-4-6-18-7-5-15/h2-3,8,12H,4-7H2,1H3,(H,16,17). The summed E-state index contributed by atoms with van der Waals surface area (Å²) in [5.74, 6) is -0.850. The molecule has 0 aliphatic carbocycles. The number of hydrogen-bond donors (Lipinski definition) is 1. The molecule has 0 spiro atoms. The Balaban J connectivity index is 2.28. The van der Waals surface area contributed by atoms with E-state index in [4.69, 9.17) is 16.3 Å². The van der Waals surface area contributed by atoms with Crippen molar-refractivity contribution in [1.82, 2.24) is 4.90 Å². The van der Waals surface area contributed by atoms with Crippen molar-refractivity contribution >= 4 is 17.6 Å². The number of carboxylic acid groups (broad SMARTS) is 1. The van der Waals surface area contributed by atoms with Gasteiger partial charge in [0, 0.05) is 18.1 Å². The Bertz CT molecular complexity index is 444. The number of rotatable bonds is 3. The quantitative estimate of drug-likeness (QED) is 0.913. The monoisotopic (exact) mass is 269 g/mol. The molecule has 1 heterocycles. The molecule has 0 aromatic heterocycles. The van der Waals surface area contributed by atoms with Gasteiger partial charge in [-0.05, 0) is 24.1 Å². The van der Waals surface area contributed by atoms with E-state index in [9.17, 15) is 9.90 Å². The number of carbonyl (C=O) groups is 1. The van der Waals surface area contributed by atoms with E-state index in [1.54, 1.807) is 6.07 Å². The van der Waals surface area contributed by atoms with E-state index in [-0.39, 0.29) is 0 Å². The zero-order chi connectivity index (χ0) is 13.1. The number of carboxylic acids is 1. The molecular formula is C13H16ClNO3. The van der Waals surface area contributed by atoms with E-state index in [0.717, 1.165) is 11.1 Å². The topological polar surface area (TPSA) is 49.8 Å². The van der Waals surface area contributed by atoms with Gasteiger partial charge in [0.05, 0.1) is 13.2 Å². The maximum absolute atomic E-state index is 11.5. The molecule has 1 aromatic carbocycles. The third kappa shape index (κ3) is 2.83. The summed E-state index contributed by atoms with van der Waals surface area (Å²) in [4.78, 5) is 13.4. The van der Waals surface area contributed by atoms with Gasteiger partial charge in [-0.1, -0.05) is 23.7 Å². The highest BCUT2D eigenvalue weighted by atomic mass is 35.5. The van der Waals surface area contributed by atoms with Crippen molar-refractivity contribution in [2.24, 2.45) is 0 Å². The Kier molecular flexibility index (Phi) is 4.22. The summed E-state index contributed by atoms with van der Waals surface area (Å²) in [5, 5.41) is 10.0. The fraction of sp³-hybridized carbons (Fsp3) is 0.462. The summed E-state index contributed by atoms with van der Waals surface area (Å²) in [6, 6.07) is 4.78. The van der Waals surface area contributed by atoms with Crippen LogP contribution in [0.25, 0.3) is 0 Å². The molecule has 1 aromatic rings. The van der Waals surface area contributed by atoms with Crippen LogP contribution in [0.2, 0.25) is 5.02 Å². The van der Waals surface area contributed by atoms with Crippen LogP contribution >= 0.6 is 11.6 Å². The molecule has 1 saturated heterocycles. The lowest BCUT2D eigenvalue weighted by Gasteiger charge is -2.32. The van der Waals surface area contributed by atoms with Gasteiger partial charge >= 0.3 is 5.97 Å². The Morgan fingerprint density at radius 3 is 2.67 bits per heavy atom. The second-order valence-electron chi connectivity index (χ2n) is 4.40. The molecule has 1 unspecified atom stereocenters. The van der Waals surface area contributed by atoms with Crippen molar-refractivity contribution in [3.63, 3.8) is 0 Å². The Hall–Kier alpha value is -1.10. The first-order chi connectivity index (χ1) is 8.59. The van der Waals surface area contributed by atoms with Gasteiger partial charge in [-0.3, -0.25) is 9.69 Å². The zero-order valence-corrected chi connectivity index (χ0v) is 11.0. The second kappa shape index (κ2) is 5.69. The van der Waals surface area contributed by atoms with E-state index in [1.165, 1.54) is 0 Å². The van der Waals surface area contributed by atoms with Crippen LogP contribution in [0.3, 0.4) is 0 Å². The minimum absolute atomic E-state index is 0.573. The fourth-order valence-corrected chi connectivity index (χ4v) is 2.31. The molecule has 4 nitrogen and oxygen atoms in total. The molecule has 0 radical (unpaired) electrons. The van der Waals surface area contributed by atoms with Gasteiger partial charge in [-0.25, -0.2) is 0 Å². The van der Waals surface area contributed by atoms with Gasteiger partial charge in [0.25, 0.3) is 0 Å². The van der Waals surface area contributed by atoms with E-state index >= 15 is 0 Å². The number of aliphatic carboxylic acids is 1. The Morgan fingerprint density at radius 1 is 1.44 bits per heavy atom. The molecule has 1 fully saturated rings. The Morgan fingerprint density at radius 2 is 2.11 bits per heavy atom. The minimum atomic E-state index is -0.850. The van der Waals surface area contributed by atoms with Crippen molar-refractivity contribution in [3.05, 3.63) is 34.3 Å². The van der Waals surface area contributed by atoms with Crippen molar-refractivity contribution in [2.75, 3.05) is 26.3 Å². The first kappa shape index (κ1) is 13.3. The molecule has 0 saturated carbocycles. The van der Waals surface area contributed by atoms with Gasteiger partial charge in [-0.2, -0.15) is 0 Å². The number of nitrogens with zero attached hydrogens (tertiary/aromatic N) is 1. The maximum atomic E-state index is 11.5. The van der Waals surface area contributed by atoms with Crippen molar-refractivity contribution in [1.29, 1.82) is 0 Å². The Labute approximate surface area is 111 Å². The lowest BCUT2D eigenvalue weighted by molar-refractivity contribution is -0.145. The van der Waals surface area contributed by atoms with Crippen molar-refractivity contribution in [3.8, 4) is 0 Å². The molecule has 5 heteroatoms. The average Bonchev–Trinajstić information content (AvgIpc) is 2.35. The fourth-order valence-electron chi connectivity index (χ4n) is 2.12. The molecule has 0 bridgehead atoms. The lowest BCUT2D eigenvalue weighted by atomic mass is 10.0. The summed E-state index contributed by atoms with van der Waals surface area (Å²) >= 11 is 6.07. The zero-order valence-electron chi connectivity index (χ0n) is 10.2. The van der Waals surface area contributed by atoms with Crippen LogP contribution in [0.1, 0.15) is 17.2 Å². The number of aryl methyl sites for hydroxylation is 1. The molecule has 18 heavy (non-hydrogen) atoms. The third-order valence-corrected chi connectivity index (χ3v) is 3.56. The van der Waals surface area contributed by atoms with Crippen LogP contribution in [0.5, 0.6) is 0 Å². The van der Waals surface area contributed by atoms with E-state index < -0.39 is 12.0 Å². The predicted molar refractivity (Wildman–Crippen MR) is 69.0 cm³/mol. The van der Waals surface area contributed by atoms with Crippen LogP contribution in [0.4, 0.5) is 0 Å². The molecule has 1 atom stereocenters. The van der Waals surface area contributed by atoms with Gasteiger partial charge in [0.1, 0.15) is 6.04 Å². The van der Waals surface area contributed by atoms with Gasteiger partial charge in [0.15, 0.2) is 0 Å². The molecular weight excluding hydrogens is 254 g/mol. The maximum Gasteiger partial charge on any atom is 0.325 e. The minimum Gasteiger partial charge on any atom is -0.480 e. The summed E-state index contributed by atoms with van der Waals surface area (Å²) in [6.45, 7) is 4.30. The van der Waals surface area contributed by atoms with Crippen LogP contribution in [-0.4, -0.2) is 42.3 Å². The number of hydrogen-bond acceptors (Lipinski definition) is 3. The highest BCUT2D eigenvalue weighted by Gasteiger charge is 2.28. The largest absolute Gasteiger partial charge is 0.480 e. The molecule has 1 aliphatic heterocycles. The van der Waals surface area contributed by atoms with Crippen molar-refractivity contribution in [2.45, 2.75) is 13.0 Å². The normalized spacial score (nSPS) is 18.6. The molecule has 2 rings (SSSR count). The van der Waals surface area contributed by atoms with Crippen LogP contribution < -0.4 is 0 Å². The molecule has 1 aliphatic rings. The van der Waals surface area contributed by atoms with E-state index in [1.807, 2.05) is 24.0 Å².